The molecule has 1 aromatic carbocycles. The van der Waals surface area contributed by atoms with Crippen molar-refractivity contribution in [3.63, 3.8) is 0 Å². The van der Waals surface area contributed by atoms with E-state index >= 15 is 8.78 Å². The molecule has 2 N–H and O–H groups in total. The third kappa shape index (κ3) is 3.73. The first-order valence-corrected chi connectivity index (χ1v) is 11.5. The average molecular weight is 463 g/mol. The Kier molecular flexibility index (Phi) is 5.09. The summed E-state index contributed by atoms with van der Waals surface area (Å²) in [4.78, 5) is 17.4. The van der Waals surface area contributed by atoms with Gasteiger partial charge in [0.25, 0.3) is 5.91 Å². The van der Waals surface area contributed by atoms with Crippen molar-refractivity contribution >= 4 is 17.4 Å². The van der Waals surface area contributed by atoms with Gasteiger partial charge in [0.05, 0.1) is 11.9 Å². The zero-order valence-corrected chi connectivity index (χ0v) is 18.3. The molecule has 1 amide bonds. The molecular weight excluding hydrogens is 440 g/mol. The summed E-state index contributed by atoms with van der Waals surface area (Å²) >= 11 is 0. The minimum Gasteiger partial charge on any atom is -0.317 e. The van der Waals surface area contributed by atoms with Crippen LogP contribution in [-0.4, -0.2) is 43.4 Å². The van der Waals surface area contributed by atoms with E-state index in [-0.39, 0.29) is 28.9 Å². The molecule has 2 fully saturated rings. The summed E-state index contributed by atoms with van der Waals surface area (Å²) in [6.45, 7) is 1.68. The van der Waals surface area contributed by atoms with Gasteiger partial charge in [-0.15, -0.1) is 0 Å². The van der Waals surface area contributed by atoms with E-state index in [1.807, 2.05) is 0 Å². The maximum atomic E-state index is 15.2. The fourth-order valence-corrected chi connectivity index (χ4v) is 4.59. The smallest absolute Gasteiger partial charge is 0.262 e. The number of hydrogen-bond donors (Lipinski definition) is 2. The Hall–Kier alpha value is -3.66. The van der Waals surface area contributed by atoms with E-state index in [0.29, 0.717) is 16.9 Å². The van der Waals surface area contributed by atoms with Gasteiger partial charge < -0.3 is 10.6 Å². The molecule has 4 aromatic rings. The van der Waals surface area contributed by atoms with Crippen LogP contribution in [-0.2, 0) is 0 Å². The number of halogens is 2. The molecule has 4 heterocycles. The largest absolute Gasteiger partial charge is 0.317 e. The van der Waals surface area contributed by atoms with Gasteiger partial charge in [0.1, 0.15) is 17.1 Å². The van der Waals surface area contributed by atoms with E-state index in [9.17, 15) is 4.79 Å². The van der Waals surface area contributed by atoms with Crippen LogP contribution in [0.15, 0.2) is 42.9 Å². The number of fused-ring (bicyclic) bond motifs is 1. The van der Waals surface area contributed by atoms with Gasteiger partial charge in [0.2, 0.25) is 0 Å². The second-order valence-electron chi connectivity index (χ2n) is 8.90. The van der Waals surface area contributed by atoms with Gasteiger partial charge in [-0.2, -0.15) is 10.2 Å². The van der Waals surface area contributed by atoms with Gasteiger partial charge in [-0.3, -0.25) is 4.79 Å². The molecule has 0 bridgehead atoms. The number of aromatic nitrogens is 5. The summed E-state index contributed by atoms with van der Waals surface area (Å²) in [6.07, 6.45) is 8.26. The number of nitrogens with one attached hydrogen (secondary N) is 2. The van der Waals surface area contributed by atoms with Crippen LogP contribution < -0.4 is 10.6 Å². The van der Waals surface area contributed by atoms with E-state index in [1.54, 1.807) is 24.5 Å². The van der Waals surface area contributed by atoms with Crippen LogP contribution in [0.4, 0.5) is 14.6 Å². The van der Waals surface area contributed by atoms with Crippen LogP contribution in [0.5, 0.6) is 0 Å². The first-order chi connectivity index (χ1) is 16.6. The minimum atomic E-state index is -0.699. The Labute approximate surface area is 194 Å². The summed E-state index contributed by atoms with van der Waals surface area (Å²) < 4.78 is 33.0. The number of anilines is 1. The Morgan fingerprint density at radius 3 is 2.56 bits per heavy atom. The summed E-state index contributed by atoms with van der Waals surface area (Å²) in [5.41, 5.74) is 1.70. The zero-order chi connectivity index (χ0) is 23.2. The number of piperidine rings is 1. The summed E-state index contributed by atoms with van der Waals surface area (Å²) in [7, 11) is 0. The number of benzene rings is 1. The molecule has 0 unspecified atom stereocenters. The zero-order valence-electron chi connectivity index (χ0n) is 18.3. The van der Waals surface area contributed by atoms with Crippen LogP contribution in [0.3, 0.4) is 0 Å². The molecule has 2 aliphatic rings. The van der Waals surface area contributed by atoms with E-state index < -0.39 is 17.5 Å². The van der Waals surface area contributed by atoms with Gasteiger partial charge in [-0.1, -0.05) is 0 Å². The highest BCUT2D eigenvalue weighted by atomic mass is 19.1. The molecule has 8 nitrogen and oxygen atoms in total. The summed E-state index contributed by atoms with van der Waals surface area (Å²) in [5, 5.41) is 14.8. The molecule has 6 rings (SSSR count). The molecule has 1 saturated heterocycles. The van der Waals surface area contributed by atoms with Crippen molar-refractivity contribution in [1.82, 2.24) is 29.7 Å². The number of rotatable bonds is 5. The van der Waals surface area contributed by atoms with Crippen molar-refractivity contribution in [3.8, 4) is 5.69 Å². The summed E-state index contributed by atoms with van der Waals surface area (Å²) in [5.74, 6) is -1.34. The lowest BCUT2D eigenvalue weighted by molar-refractivity contribution is 0.102. The van der Waals surface area contributed by atoms with Gasteiger partial charge in [-0.05, 0) is 68.5 Å². The number of nitrogens with zero attached hydrogens (tertiary/aromatic N) is 5. The predicted octanol–water partition coefficient (Wildman–Crippen LogP) is 3.79. The predicted molar refractivity (Wildman–Crippen MR) is 121 cm³/mol. The molecule has 3 aromatic heterocycles. The number of carbonyl (C=O) groups is 1. The quantitative estimate of drug-likeness (QED) is 0.470. The second-order valence-corrected chi connectivity index (χ2v) is 8.90. The SMILES string of the molecule is O=C(Nc1cc(C2CCNCC2)nn1-c1c(F)cc(C2CC2)cc1F)c1cnn2cccnc12. The van der Waals surface area contributed by atoms with Crippen molar-refractivity contribution in [2.45, 2.75) is 37.5 Å². The standard InChI is InChI=1S/C24H23F2N7O/c25-18-10-16(14-2-3-14)11-19(26)22(18)33-21(12-20(31-33)15-4-7-27-8-5-15)30-24(34)17-13-29-32-9-1-6-28-23(17)32/h1,6,9-15,27H,2-5,7-8H2,(H,30,34). The Balaban J connectivity index is 1.41. The van der Waals surface area contributed by atoms with Gasteiger partial charge in [0, 0.05) is 24.4 Å². The molecule has 1 aliphatic heterocycles. The summed E-state index contributed by atoms with van der Waals surface area (Å²) in [6, 6.07) is 6.17. The highest BCUT2D eigenvalue weighted by Crippen LogP contribution is 2.41. The molecular formula is C24H23F2N7O. The lowest BCUT2D eigenvalue weighted by Crippen LogP contribution is -2.26. The molecule has 1 aliphatic carbocycles. The molecule has 0 spiro atoms. The van der Waals surface area contributed by atoms with E-state index in [4.69, 9.17) is 0 Å². The Bertz CT molecular complexity index is 1360. The normalized spacial score (nSPS) is 16.8. The highest BCUT2D eigenvalue weighted by molar-refractivity contribution is 6.07. The van der Waals surface area contributed by atoms with Crippen molar-refractivity contribution in [2.75, 3.05) is 18.4 Å². The van der Waals surface area contributed by atoms with Crippen molar-refractivity contribution in [2.24, 2.45) is 0 Å². The lowest BCUT2D eigenvalue weighted by Gasteiger charge is -2.20. The molecule has 34 heavy (non-hydrogen) atoms. The van der Waals surface area contributed by atoms with Crippen LogP contribution in [0.2, 0.25) is 0 Å². The fourth-order valence-electron chi connectivity index (χ4n) is 4.59. The molecule has 174 valence electrons. The molecule has 0 radical (unpaired) electrons. The Morgan fingerprint density at radius 2 is 1.82 bits per heavy atom. The monoisotopic (exact) mass is 463 g/mol. The van der Waals surface area contributed by atoms with E-state index in [2.05, 4.69) is 25.8 Å². The Morgan fingerprint density at radius 1 is 1.06 bits per heavy atom. The average Bonchev–Trinajstić information content (AvgIpc) is 3.48. The minimum absolute atomic E-state index is 0.133. The van der Waals surface area contributed by atoms with Crippen molar-refractivity contribution in [1.29, 1.82) is 0 Å². The lowest BCUT2D eigenvalue weighted by atomic mass is 9.95. The fraction of sp³-hybridized carbons (Fsp3) is 0.333. The maximum Gasteiger partial charge on any atom is 0.262 e. The first kappa shape index (κ1) is 20.9. The third-order valence-corrected chi connectivity index (χ3v) is 6.55. The first-order valence-electron chi connectivity index (χ1n) is 11.5. The molecule has 0 atom stereocenters. The van der Waals surface area contributed by atoms with Crippen molar-refractivity contribution in [3.05, 3.63) is 71.3 Å². The van der Waals surface area contributed by atoms with Gasteiger partial charge in [0.15, 0.2) is 17.3 Å². The maximum absolute atomic E-state index is 15.2. The van der Waals surface area contributed by atoms with Crippen molar-refractivity contribution < 1.29 is 13.6 Å². The van der Waals surface area contributed by atoms with Crippen LogP contribution in [0, 0.1) is 11.6 Å². The molecule has 1 saturated carbocycles. The van der Waals surface area contributed by atoms with E-state index in [1.165, 1.54) is 27.5 Å². The highest BCUT2D eigenvalue weighted by Gasteiger charge is 2.29. The van der Waals surface area contributed by atoms with E-state index in [0.717, 1.165) is 38.8 Å². The number of amides is 1. The number of hydrogen-bond acceptors (Lipinski definition) is 5. The number of carbonyl (C=O) groups excluding carboxylic acids is 1. The van der Waals surface area contributed by atoms with Gasteiger partial charge >= 0.3 is 0 Å². The van der Waals surface area contributed by atoms with Crippen LogP contribution in [0.25, 0.3) is 11.3 Å². The topological polar surface area (TPSA) is 89.1 Å². The van der Waals surface area contributed by atoms with Gasteiger partial charge in [-0.25, -0.2) is 23.0 Å². The molecule has 10 heteroatoms. The van der Waals surface area contributed by atoms with Crippen LogP contribution >= 0.6 is 0 Å². The third-order valence-electron chi connectivity index (χ3n) is 6.55. The van der Waals surface area contributed by atoms with Crippen LogP contribution in [0.1, 0.15) is 59.1 Å². The second kappa shape index (κ2) is 8.28.